The van der Waals surface area contributed by atoms with Gasteiger partial charge in [0.1, 0.15) is 11.6 Å². The van der Waals surface area contributed by atoms with Crippen LogP contribution >= 0.6 is 15.9 Å². The molecule has 0 fully saturated rings. The van der Waals surface area contributed by atoms with Crippen molar-refractivity contribution in [3.05, 3.63) is 73.4 Å². The van der Waals surface area contributed by atoms with Gasteiger partial charge in [-0.2, -0.15) is 0 Å². The van der Waals surface area contributed by atoms with Gasteiger partial charge >= 0.3 is 11.7 Å². The van der Waals surface area contributed by atoms with E-state index in [4.69, 9.17) is 14.6 Å². The van der Waals surface area contributed by atoms with Gasteiger partial charge in [-0.1, -0.05) is 0 Å². The fourth-order valence-corrected chi connectivity index (χ4v) is 3.24. The van der Waals surface area contributed by atoms with Gasteiger partial charge < -0.3 is 14.6 Å². The van der Waals surface area contributed by atoms with Crippen molar-refractivity contribution in [2.75, 3.05) is 6.61 Å². The first kappa shape index (κ1) is 24.0. The third kappa shape index (κ3) is 5.08. The summed E-state index contributed by atoms with van der Waals surface area (Å²) in [6.45, 7) is -0.182. The van der Waals surface area contributed by atoms with Gasteiger partial charge in [0.25, 0.3) is 17.4 Å². The largest absolute Gasteiger partial charge is 0.479 e. The molecule has 0 bridgehead atoms. The number of ether oxygens (including phenoxy) is 2. The van der Waals surface area contributed by atoms with E-state index < -0.39 is 46.9 Å². The van der Waals surface area contributed by atoms with Gasteiger partial charge in [0.05, 0.1) is 15.9 Å². The van der Waals surface area contributed by atoms with Crippen molar-refractivity contribution >= 4 is 21.9 Å². The normalized spacial score (nSPS) is 11.3. The molecular weight excluding hydrogens is 515 g/mol. The molecule has 9 nitrogen and oxygen atoms in total. The molecule has 2 heterocycles. The molecular formula is C20H15BrF3N3O6. The second-order valence-electron chi connectivity index (χ2n) is 6.76. The smallest absolute Gasteiger partial charge is 0.341 e. The molecule has 174 valence electrons. The van der Waals surface area contributed by atoms with Crippen molar-refractivity contribution in [1.29, 1.82) is 0 Å². The van der Waals surface area contributed by atoms with Crippen LogP contribution in [0.25, 0.3) is 5.69 Å². The average molecular weight is 530 g/mol. The average Bonchev–Trinajstić information content (AvgIpc) is 2.72. The zero-order valence-electron chi connectivity index (χ0n) is 17.0. The molecule has 0 aliphatic carbocycles. The standard InChI is InChI=1S/C20H15BrF3N3O6/c1-20(23,24)15-8-16(28)27(19(31)26(15)2)12-7-14(10(21)6-11(12)22)33-13-4-3-5-25-18(13)32-9-17(29)30/h3-8H,9H2,1-2H3,(H,29,30). The van der Waals surface area contributed by atoms with Crippen molar-refractivity contribution in [3.63, 3.8) is 0 Å². The van der Waals surface area contributed by atoms with Crippen LogP contribution in [0.5, 0.6) is 17.4 Å². The molecule has 0 atom stereocenters. The number of aliphatic carboxylic acids is 1. The van der Waals surface area contributed by atoms with Gasteiger partial charge in [-0.15, -0.1) is 0 Å². The van der Waals surface area contributed by atoms with E-state index in [1.165, 1.54) is 18.3 Å². The van der Waals surface area contributed by atoms with Crippen molar-refractivity contribution in [2.45, 2.75) is 12.8 Å². The number of carboxylic acids is 1. The van der Waals surface area contributed by atoms with Crippen LogP contribution in [-0.4, -0.2) is 31.8 Å². The third-order valence-electron chi connectivity index (χ3n) is 4.30. The van der Waals surface area contributed by atoms with Crippen molar-refractivity contribution < 1.29 is 32.5 Å². The maximum Gasteiger partial charge on any atom is 0.341 e. The highest BCUT2D eigenvalue weighted by Gasteiger charge is 2.30. The number of alkyl halides is 2. The monoisotopic (exact) mass is 529 g/mol. The number of rotatable bonds is 7. The molecule has 1 aromatic carbocycles. The minimum atomic E-state index is -3.48. The van der Waals surface area contributed by atoms with Crippen LogP contribution in [0.2, 0.25) is 0 Å². The van der Waals surface area contributed by atoms with E-state index in [1.807, 2.05) is 0 Å². The number of carboxylic acid groups (broad SMARTS) is 1. The van der Waals surface area contributed by atoms with Crippen molar-refractivity contribution in [2.24, 2.45) is 7.05 Å². The van der Waals surface area contributed by atoms with E-state index in [1.54, 1.807) is 0 Å². The Bertz CT molecular complexity index is 1350. The van der Waals surface area contributed by atoms with E-state index in [-0.39, 0.29) is 21.9 Å². The minimum Gasteiger partial charge on any atom is -0.479 e. The highest BCUT2D eigenvalue weighted by Crippen LogP contribution is 2.36. The quantitative estimate of drug-likeness (QED) is 0.500. The Morgan fingerprint density at radius 1 is 1.24 bits per heavy atom. The molecule has 2 aromatic heterocycles. The predicted molar refractivity (Wildman–Crippen MR) is 112 cm³/mol. The Balaban J connectivity index is 2.12. The summed E-state index contributed by atoms with van der Waals surface area (Å²) in [6, 6.07) is 5.31. The molecule has 33 heavy (non-hydrogen) atoms. The van der Waals surface area contributed by atoms with Crippen LogP contribution in [-0.2, 0) is 17.8 Å². The second-order valence-corrected chi connectivity index (χ2v) is 7.61. The Morgan fingerprint density at radius 3 is 2.58 bits per heavy atom. The second kappa shape index (κ2) is 9.10. The summed E-state index contributed by atoms with van der Waals surface area (Å²) in [5, 5.41) is 8.78. The van der Waals surface area contributed by atoms with Gasteiger partial charge in [0, 0.05) is 32.3 Å². The van der Waals surface area contributed by atoms with Crippen molar-refractivity contribution in [1.82, 2.24) is 14.1 Å². The van der Waals surface area contributed by atoms with Crippen LogP contribution in [0, 0.1) is 5.82 Å². The zero-order valence-corrected chi connectivity index (χ0v) is 18.6. The van der Waals surface area contributed by atoms with Crippen LogP contribution in [0.1, 0.15) is 12.6 Å². The Hall–Kier alpha value is -3.61. The highest BCUT2D eigenvalue weighted by atomic mass is 79.9. The van der Waals surface area contributed by atoms with Gasteiger partial charge in [-0.25, -0.2) is 32.3 Å². The highest BCUT2D eigenvalue weighted by molar-refractivity contribution is 9.10. The number of halogens is 4. The summed E-state index contributed by atoms with van der Waals surface area (Å²) in [6.07, 6.45) is 1.32. The van der Waals surface area contributed by atoms with E-state index in [0.29, 0.717) is 22.1 Å². The summed E-state index contributed by atoms with van der Waals surface area (Å²) in [5.74, 6) is -6.08. The summed E-state index contributed by atoms with van der Waals surface area (Å²) < 4.78 is 53.9. The maximum atomic E-state index is 14.7. The summed E-state index contributed by atoms with van der Waals surface area (Å²) >= 11 is 3.10. The Labute approximate surface area is 191 Å². The third-order valence-corrected chi connectivity index (χ3v) is 4.92. The molecule has 3 rings (SSSR count). The first-order valence-electron chi connectivity index (χ1n) is 9.08. The van der Waals surface area contributed by atoms with Gasteiger partial charge in [-0.05, 0) is 34.1 Å². The van der Waals surface area contributed by atoms with E-state index in [9.17, 15) is 27.6 Å². The van der Waals surface area contributed by atoms with Gasteiger partial charge in [0.2, 0.25) is 0 Å². The van der Waals surface area contributed by atoms with Crippen LogP contribution in [0.15, 0.2) is 50.6 Å². The Morgan fingerprint density at radius 2 is 1.94 bits per heavy atom. The maximum absolute atomic E-state index is 14.7. The molecule has 3 aromatic rings. The van der Waals surface area contributed by atoms with Crippen LogP contribution in [0.4, 0.5) is 13.2 Å². The lowest BCUT2D eigenvalue weighted by atomic mass is 10.2. The molecule has 1 N–H and O–H groups in total. The molecule has 0 saturated heterocycles. The first-order chi connectivity index (χ1) is 15.4. The Kier molecular flexibility index (Phi) is 6.63. The minimum absolute atomic E-state index is 0.0433. The fraction of sp³-hybridized carbons (Fsp3) is 0.200. The van der Waals surface area contributed by atoms with E-state index in [2.05, 4.69) is 20.9 Å². The number of hydrogen-bond donors (Lipinski definition) is 1. The van der Waals surface area contributed by atoms with Gasteiger partial charge in [0.15, 0.2) is 12.4 Å². The molecule has 0 amide bonds. The predicted octanol–water partition coefficient (Wildman–Crippen LogP) is 3.20. The lowest BCUT2D eigenvalue weighted by Crippen LogP contribution is -2.41. The molecule has 0 unspecified atom stereocenters. The molecule has 13 heteroatoms. The van der Waals surface area contributed by atoms with Crippen molar-refractivity contribution in [3.8, 4) is 23.1 Å². The number of benzene rings is 1. The van der Waals surface area contributed by atoms with Gasteiger partial charge in [-0.3, -0.25) is 9.36 Å². The SMILES string of the molecule is Cn1c(C(C)(F)F)cc(=O)n(-c2cc(Oc3cccnc3OCC(=O)O)c(Br)cc2F)c1=O. The van der Waals surface area contributed by atoms with E-state index in [0.717, 1.165) is 19.2 Å². The molecule has 0 radical (unpaired) electrons. The van der Waals surface area contributed by atoms with E-state index >= 15 is 0 Å². The van der Waals surface area contributed by atoms with Crippen LogP contribution in [0.3, 0.4) is 0 Å². The number of carbonyl (C=O) groups is 1. The molecule has 0 saturated carbocycles. The summed E-state index contributed by atoms with van der Waals surface area (Å²) in [5.41, 5.74) is -3.76. The zero-order chi connectivity index (χ0) is 24.5. The fourth-order valence-electron chi connectivity index (χ4n) is 2.85. The molecule has 0 spiro atoms. The number of hydrogen-bond acceptors (Lipinski definition) is 6. The molecule has 0 aliphatic rings. The lowest BCUT2D eigenvalue weighted by Gasteiger charge is -2.17. The number of aromatic nitrogens is 3. The molecule has 0 aliphatic heterocycles. The number of pyridine rings is 1. The summed E-state index contributed by atoms with van der Waals surface area (Å²) in [4.78, 5) is 39.8. The lowest BCUT2D eigenvalue weighted by molar-refractivity contribution is -0.139. The summed E-state index contributed by atoms with van der Waals surface area (Å²) in [7, 11) is 1.03. The topological polar surface area (TPSA) is 113 Å². The first-order valence-corrected chi connectivity index (χ1v) is 9.87. The van der Waals surface area contributed by atoms with Crippen LogP contribution < -0.4 is 20.7 Å². The number of nitrogens with zero attached hydrogens (tertiary/aromatic N) is 3.